The van der Waals surface area contributed by atoms with E-state index in [1.807, 2.05) is 0 Å². The van der Waals surface area contributed by atoms with Crippen molar-refractivity contribution in [3.8, 4) is 0 Å². The summed E-state index contributed by atoms with van der Waals surface area (Å²) in [4.78, 5) is 8.49. The lowest BCUT2D eigenvalue weighted by Gasteiger charge is -2.42. The van der Waals surface area contributed by atoms with Crippen LogP contribution < -0.4 is 0 Å². The smallest absolute Gasteiger partial charge is 0.0695 e. The molecule has 1 aromatic heterocycles. The highest BCUT2D eigenvalue weighted by Crippen LogP contribution is 2.24. The van der Waals surface area contributed by atoms with E-state index in [2.05, 4.69) is 45.2 Å². The summed E-state index contributed by atoms with van der Waals surface area (Å²) in [6.07, 6.45) is 7.82. The first kappa shape index (κ1) is 16.1. The van der Waals surface area contributed by atoms with Crippen LogP contribution in [0, 0.1) is 0 Å². The Balaban J connectivity index is 1.29. The molecular formula is C20H29N3O. The first-order valence-corrected chi connectivity index (χ1v) is 9.51. The van der Waals surface area contributed by atoms with Gasteiger partial charge in [0, 0.05) is 55.9 Å². The number of rotatable bonds is 4. The Morgan fingerprint density at radius 2 is 1.83 bits per heavy atom. The van der Waals surface area contributed by atoms with Crippen LogP contribution in [0.15, 0.2) is 30.5 Å². The van der Waals surface area contributed by atoms with Gasteiger partial charge < -0.3 is 15.0 Å². The third-order valence-corrected chi connectivity index (χ3v) is 5.94. The van der Waals surface area contributed by atoms with E-state index in [9.17, 15) is 5.11 Å². The summed E-state index contributed by atoms with van der Waals surface area (Å²) >= 11 is 0. The standard InChI is InChI=1S/C20H29N3O/c24-20-8-4-3-7-19(20)23-13-11-22(12-14-23)10-9-16-15-21-18-6-2-1-5-17(16)18/h1-2,5-6,15,19-21,24H,3-4,7-14H2/t19-,20-/m0/s1. The molecule has 130 valence electrons. The van der Waals surface area contributed by atoms with E-state index in [1.165, 1.54) is 35.7 Å². The second kappa shape index (κ2) is 7.26. The molecule has 2 fully saturated rings. The molecule has 2 atom stereocenters. The van der Waals surface area contributed by atoms with Crippen LogP contribution in [0.2, 0.25) is 0 Å². The maximum Gasteiger partial charge on any atom is 0.0695 e. The van der Waals surface area contributed by atoms with Gasteiger partial charge in [-0.25, -0.2) is 0 Å². The Labute approximate surface area is 144 Å². The van der Waals surface area contributed by atoms with Crippen LogP contribution >= 0.6 is 0 Å². The van der Waals surface area contributed by atoms with Crippen molar-refractivity contribution in [3.63, 3.8) is 0 Å². The Bertz CT molecular complexity index is 660. The number of H-pyrrole nitrogens is 1. The second-order valence-corrected chi connectivity index (χ2v) is 7.41. The minimum atomic E-state index is -0.100. The fraction of sp³-hybridized carbons (Fsp3) is 0.600. The molecule has 2 aliphatic rings. The van der Waals surface area contributed by atoms with Crippen LogP contribution in [-0.4, -0.2) is 64.8 Å². The quantitative estimate of drug-likeness (QED) is 0.907. The van der Waals surface area contributed by atoms with Gasteiger partial charge in [-0.1, -0.05) is 31.0 Å². The van der Waals surface area contributed by atoms with Gasteiger partial charge in [0.05, 0.1) is 6.10 Å². The van der Waals surface area contributed by atoms with E-state index in [-0.39, 0.29) is 6.10 Å². The summed E-state index contributed by atoms with van der Waals surface area (Å²) < 4.78 is 0. The van der Waals surface area contributed by atoms with Crippen molar-refractivity contribution in [2.24, 2.45) is 0 Å². The van der Waals surface area contributed by atoms with E-state index in [0.29, 0.717) is 6.04 Å². The maximum absolute atomic E-state index is 10.3. The second-order valence-electron chi connectivity index (χ2n) is 7.41. The van der Waals surface area contributed by atoms with Crippen molar-refractivity contribution in [1.29, 1.82) is 0 Å². The SMILES string of the molecule is O[C@H]1CCCC[C@@H]1N1CCN(CCc2c[nH]c3ccccc23)CC1. The molecule has 0 spiro atoms. The fourth-order valence-electron chi connectivity index (χ4n) is 4.45. The zero-order valence-electron chi connectivity index (χ0n) is 14.5. The van der Waals surface area contributed by atoms with E-state index in [4.69, 9.17) is 0 Å². The first-order valence-electron chi connectivity index (χ1n) is 9.51. The number of benzene rings is 1. The number of fused-ring (bicyclic) bond motifs is 1. The molecule has 24 heavy (non-hydrogen) atoms. The van der Waals surface area contributed by atoms with Crippen LogP contribution in [0.3, 0.4) is 0 Å². The van der Waals surface area contributed by atoms with Gasteiger partial charge in [0.1, 0.15) is 0 Å². The highest BCUT2D eigenvalue weighted by molar-refractivity contribution is 5.83. The maximum atomic E-state index is 10.3. The third kappa shape index (κ3) is 3.37. The summed E-state index contributed by atoms with van der Waals surface area (Å²) in [5.74, 6) is 0. The normalized spacial score (nSPS) is 26.9. The van der Waals surface area contributed by atoms with Crippen molar-refractivity contribution < 1.29 is 5.11 Å². The zero-order valence-corrected chi connectivity index (χ0v) is 14.5. The number of para-hydroxylation sites is 1. The van der Waals surface area contributed by atoms with E-state index >= 15 is 0 Å². The predicted octanol–water partition coefficient (Wildman–Crippen LogP) is 2.63. The van der Waals surface area contributed by atoms with Gasteiger partial charge >= 0.3 is 0 Å². The number of aromatic nitrogens is 1. The lowest BCUT2D eigenvalue weighted by atomic mass is 9.91. The molecule has 4 rings (SSSR count). The average Bonchev–Trinajstić information content (AvgIpc) is 3.04. The summed E-state index contributed by atoms with van der Waals surface area (Å²) in [6, 6.07) is 8.97. The molecule has 2 heterocycles. The Morgan fingerprint density at radius 1 is 1.04 bits per heavy atom. The topological polar surface area (TPSA) is 42.5 Å². The monoisotopic (exact) mass is 327 g/mol. The highest BCUT2D eigenvalue weighted by Gasteiger charge is 2.30. The van der Waals surface area contributed by atoms with Crippen molar-refractivity contribution in [3.05, 3.63) is 36.0 Å². The molecule has 0 bridgehead atoms. The lowest BCUT2D eigenvalue weighted by Crippen LogP contribution is -2.54. The van der Waals surface area contributed by atoms with E-state index < -0.39 is 0 Å². The number of aliphatic hydroxyl groups excluding tert-OH is 1. The number of aromatic amines is 1. The molecule has 0 unspecified atom stereocenters. The molecule has 1 saturated heterocycles. The minimum Gasteiger partial charge on any atom is -0.391 e. The van der Waals surface area contributed by atoms with Gasteiger partial charge in [-0.2, -0.15) is 0 Å². The number of hydrogen-bond donors (Lipinski definition) is 2. The van der Waals surface area contributed by atoms with Crippen LogP contribution in [0.25, 0.3) is 10.9 Å². The molecule has 2 aromatic rings. The summed E-state index contributed by atoms with van der Waals surface area (Å²) in [5, 5.41) is 11.6. The van der Waals surface area contributed by atoms with Gasteiger partial charge in [0.15, 0.2) is 0 Å². The molecular weight excluding hydrogens is 298 g/mol. The van der Waals surface area contributed by atoms with E-state index in [0.717, 1.165) is 45.6 Å². The molecule has 1 aliphatic heterocycles. The van der Waals surface area contributed by atoms with Gasteiger partial charge in [-0.05, 0) is 30.9 Å². The van der Waals surface area contributed by atoms with Crippen LogP contribution in [0.5, 0.6) is 0 Å². The van der Waals surface area contributed by atoms with Crippen LogP contribution in [-0.2, 0) is 6.42 Å². The molecule has 4 heteroatoms. The number of nitrogens with one attached hydrogen (secondary N) is 1. The molecule has 0 amide bonds. The molecule has 1 saturated carbocycles. The summed E-state index contributed by atoms with van der Waals surface area (Å²) in [5.41, 5.74) is 2.67. The average molecular weight is 327 g/mol. The van der Waals surface area contributed by atoms with Gasteiger partial charge in [0.25, 0.3) is 0 Å². The van der Waals surface area contributed by atoms with Crippen molar-refractivity contribution >= 4 is 10.9 Å². The lowest BCUT2D eigenvalue weighted by molar-refractivity contribution is -0.00328. The highest BCUT2D eigenvalue weighted by atomic mass is 16.3. The minimum absolute atomic E-state index is 0.100. The van der Waals surface area contributed by atoms with Gasteiger partial charge in [-0.3, -0.25) is 4.90 Å². The van der Waals surface area contributed by atoms with Gasteiger partial charge in [0.2, 0.25) is 0 Å². The number of hydrogen-bond acceptors (Lipinski definition) is 3. The number of nitrogens with zero attached hydrogens (tertiary/aromatic N) is 2. The van der Waals surface area contributed by atoms with E-state index in [1.54, 1.807) is 0 Å². The number of piperazine rings is 1. The zero-order chi connectivity index (χ0) is 16.4. The molecule has 2 N–H and O–H groups in total. The van der Waals surface area contributed by atoms with Crippen molar-refractivity contribution in [1.82, 2.24) is 14.8 Å². The van der Waals surface area contributed by atoms with Gasteiger partial charge in [-0.15, -0.1) is 0 Å². The molecule has 1 aromatic carbocycles. The largest absolute Gasteiger partial charge is 0.391 e. The third-order valence-electron chi connectivity index (χ3n) is 5.94. The molecule has 0 radical (unpaired) electrons. The first-order chi connectivity index (χ1) is 11.8. The predicted molar refractivity (Wildman–Crippen MR) is 98.3 cm³/mol. The van der Waals surface area contributed by atoms with Crippen molar-refractivity contribution in [2.45, 2.75) is 44.2 Å². The summed E-state index contributed by atoms with van der Waals surface area (Å²) in [6.45, 7) is 5.60. The number of aliphatic hydroxyl groups is 1. The Morgan fingerprint density at radius 3 is 2.67 bits per heavy atom. The molecule has 1 aliphatic carbocycles. The summed E-state index contributed by atoms with van der Waals surface area (Å²) in [7, 11) is 0. The molecule has 4 nitrogen and oxygen atoms in total. The van der Waals surface area contributed by atoms with Crippen LogP contribution in [0.4, 0.5) is 0 Å². The Hall–Kier alpha value is -1.36. The van der Waals surface area contributed by atoms with Crippen molar-refractivity contribution in [2.75, 3.05) is 32.7 Å². The van der Waals surface area contributed by atoms with Crippen LogP contribution in [0.1, 0.15) is 31.2 Å². The Kier molecular flexibility index (Phi) is 4.88. The fourth-order valence-corrected chi connectivity index (χ4v) is 4.45.